The summed E-state index contributed by atoms with van der Waals surface area (Å²) in [6.07, 6.45) is 1.21. The summed E-state index contributed by atoms with van der Waals surface area (Å²) in [5.74, 6) is -0.720. The monoisotopic (exact) mass is 361 g/mol. The first-order valence-corrected chi connectivity index (χ1v) is 8.93. The molecule has 0 radical (unpaired) electrons. The van der Waals surface area contributed by atoms with Crippen molar-refractivity contribution in [2.45, 2.75) is 52.7 Å². The second kappa shape index (κ2) is 8.21. The summed E-state index contributed by atoms with van der Waals surface area (Å²) in [4.78, 5) is 37.5. The van der Waals surface area contributed by atoms with Gasteiger partial charge < -0.3 is 20.7 Å². The highest BCUT2D eigenvalue weighted by atomic mass is 16.5. The van der Waals surface area contributed by atoms with E-state index in [4.69, 9.17) is 4.74 Å². The van der Waals surface area contributed by atoms with Crippen molar-refractivity contribution in [3.8, 4) is 5.75 Å². The standard InChI is InChI=1S/C19H27N3O4/c1-5-6-11-20-17(24)19(3,4)18(25)22-15-12(2)26-14-10-8-7-9-13(14)21-16(15)23/h7-10,12,15H,5-6,11H2,1-4H3,(H,20,24)(H,21,23)(H,22,25)/t12-,15+/m1/s1. The Bertz CT molecular complexity index is 687. The zero-order valence-electron chi connectivity index (χ0n) is 15.7. The zero-order valence-corrected chi connectivity index (χ0v) is 15.7. The second-order valence-corrected chi connectivity index (χ2v) is 6.99. The van der Waals surface area contributed by atoms with Crippen molar-refractivity contribution in [2.24, 2.45) is 5.41 Å². The van der Waals surface area contributed by atoms with E-state index in [-0.39, 0.29) is 11.8 Å². The van der Waals surface area contributed by atoms with Gasteiger partial charge >= 0.3 is 0 Å². The highest BCUT2D eigenvalue weighted by molar-refractivity contribution is 6.06. The predicted molar refractivity (Wildman–Crippen MR) is 98.8 cm³/mol. The fraction of sp³-hybridized carbons (Fsp3) is 0.526. The minimum Gasteiger partial charge on any atom is -0.486 e. The van der Waals surface area contributed by atoms with E-state index in [1.165, 1.54) is 0 Å². The van der Waals surface area contributed by atoms with E-state index >= 15 is 0 Å². The molecule has 0 fully saturated rings. The number of rotatable bonds is 6. The molecule has 2 rings (SSSR count). The van der Waals surface area contributed by atoms with Crippen LogP contribution in [0.25, 0.3) is 0 Å². The number of fused-ring (bicyclic) bond motifs is 1. The SMILES string of the molecule is CCCCNC(=O)C(C)(C)C(=O)N[C@@H]1C(=O)Nc2ccccc2O[C@@H]1C. The van der Waals surface area contributed by atoms with Gasteiger partial charge in [0.25, 0.3) is 5.91 Å². The van der Waals surface area contributed by atoms with Crippen molar-refractivity contribution < 1.29 is 19.1 Å². The number of unbranched alkanes of at least 4 members (excludes halogenated alkanes) is 1. The number of hydrogen-bond donors (Lipinski definition) is 3. The third-order valence-corrected chi connectivity index (χ3v) is 4.45. The number of amides is 3. The van der Waals surface area contributed by atoms with Crippen LogP contribution in [0.15, 0.2) is 24.3 Å². The Morgan fingerprint density at radius 3 is 2.62 bits per heavy atom. The number of anilines is 1. The Labute approximate surface area is 153 Å². The largest absolute Gasteiger partial charge is 0.486 e. The molecule has 3 N–H and O–H groups in total. The van der Waals surface area contributed by atoms with Crippen LogP contribution in [0, 0.1) is 5.41 Å². The highest BCUT2D eigenvalue weighted by Gasteiger charge is 2.40. The summed E-state index contributed by atoms with van der Waals surface area (Å²) in [6.45, 7) is 7.33. The van der Waals surface area contributed by atoms with Gasteiger partial charge in [-0.25, -0.2) is 0 Å². The van der Waals surface area contributed by atoms with Gasteiger partial charge in [0.1, 0.15) is 23.3 Å². The molecule has 1 aromatic carbocycles. The number of benzene rings is 1. The number of carbonyl (C=O) groups is 3. The molecule has 0 bridgehead atoms. The van der Waals surface area contributed by atoms with Crippen LogP contribution in [0.3, 0.4) is 0 Å². The van der Waals surface area contributed by atoms with Gasteiger partial charge in [-0.2, -0.15) is 0 Å². The summed E-state index contributed by atoms with van der Waals surface area (Å²) in [5.41, 5.74) is -0.745. The Hall–Kier alpha value is -2.57. The molecule has 26 heavy (non-hydrogen) atoms. The molecule has 7 heteroatoms. The number of carbonyl (C=O) groups excluding carboxylic acids is 3. The molecular formula is C19H27N3O4. The van der Waals surface area contributed by atoms with Crippen LogP contribution < -0.4 is 20.7 Å². The molecule has 1 aliphatic heterocycles. The maximum atomic E-state index is 12.7. The molecule has 0 saturated heterocycles. The highest BCUT2D eigenvalue weighted by Crippen LogP contribution is 2.28. The van der Waals surface area contributed by atoms with Crippen molar-refractivity contribution in [2.75, 3.05) is 11.9 Å². The molecule has 0 aromatic heterocycles. The topological polar surface area (TPSA) is 96.5 Å². The van der Waals surface area contributed by atoms with E-state index in [0.29, 0.717) is 18.0 Å². The van der Waals surface area contributed by atoms with Crippen LogP contribution in [0.5, 0.6) is 5.75 Å². The second-order valence-electron chi connectivity index (χ2n) is 6.99. The first kappa shape index (κ1) is 19.8. The third-order valence-electron chi connectivity index (χ3n) is 4.45. The summed E-state index contributed by atoms with van der Waals surface area (Å²) in [6, 6.07) is 6.17. The summed E-state index contributed by atoms with van der Waals surface area (Å²) < 4.78 is 5.79. The lowest BCUT2D eigenvalue weighted by molar-refractivity contribution is -0.143. The van der Waals surface area contributed by atoms with Crippen molar-refractivity contribution in [3.63, 3.8) is 0 Å². The van der Waals surface area contributed by atoms with Gasteiger partial charge in [-0.05, 0) is 39.3 Å². The van der Waals surface area contributed by atoms with Crippen LogP contribution in [0.4, 0.5) is 5.69 Å². The molecule has 1 aliphatic rings. The molecule has 1 heterocycles. The number of hydrogen-bond acceptors (Lipinski definition) is 4. The maximum absolute atomic E-state index is 12.7. The van der Waals surface area contributed by atoms with Gasteiger partial charge in [0.15, 0.2) is 0 Å². The average molecular weight is 361 g/mol. The van der Waals surface area contributed by atoms with Gasteiger partial charge in [0, 0.05) is 6.54 Å². The molecule has 2 atom stereocenters. The Morgan fingerprint density at radius 2 is 1.92 bits per heavy atom. The Morgan fingerprint density at radius 1 is 1.23 bits per heavy atom. The maximum Gasteiger partial charge on any atom is 0.250 e. The smallest absolute Gasteiger partial charge is 0.250 e. The lowest BCUT2D eigenvalue weighted by Gasteiger charge is -2.27. The van der Waals surface area contributed by atoms with Crippen LogP contribution >= 0.6 is 0 Å². The average Bonchev–Trinajstić information content (AvgIpc) is 2.71. The van der Waals surface area contributed by atoms with Gasteiger partial charge in [0.05, 0.1) is 5.69 Å². The molecule has 142 valence electrons. The van der Waals surface area contributed by atoms with Gasteiger partial charge in [0.2, 0.25) is 11.8 Å². The predicted octanol–water partition coefficient (Wildman–Crippen LogP) is 1.83. The molecule has 7 nitrogen and oxygen atoms in total. The van der Waals surface area contributed by atoms with Crippen molar-refractivity contribution in [1.82, 2.24) is 10.6 Å². The minimum absolute atomic E-state index is 0.366. The van der Waals surface area contributed by atoms with E-state index in [0.717, 1.165) is 12.8 Å². The van der Waals surface area contributed by atoms with Crippen LogP contribution in [-0.2, 0) is 14.4 Å². The zero-order chi connectivity index (χ0) is 19.3. The summed E-state index contributed by atoms with van der Waals surface area (Å²) in [5, 5.41) is 8.18. The van der Waals surface area contributed by atoms with Crippen molar-refractivity contribution >= 4 is 23.4 Å². The Kier molecular flexibility index (Phi) is 6.23. The first-order valence-electron chi connectivity index (χ1n) is 8.93. The number of para-hydroxylation sites is 2. The fourth-order valence-electron chi connectivity index (χ4n) is 2.57. The van der Waals surface area contributed by atoms with Crippen molar-refractivity contribution in [1.29, 1.82) is 0 Å². The summed E-state index contributed by atoms with van der Waals surface area (Å²) >= 11 is 0. The van der Waals surface area contributed by atoms with E-state index in [1.807, 2.05) is 6.92 Å². The fourth-order valence-corrected chi connectivity index (χ4v) is 2.57. The molecule has 3 amide bonds. The molecular weight excluding hydrogens is 334 g/mol. The van der Waals surface area contributed by atoms with E-state index in [9.17, 15) is 14.4 Å². The number of nitrogens with one attached hydrogen (secondary N) is 3. The van der Waals surface area contributed by atoms with E-state index < -0.39 is 23.5 Å². The van der Waals surface area contributed by atoms with Crippen LogP contribution in [0.1, 0.15) is 40.5 Å². The van der Waals surface area contributed by atoms with E-state index in [1.54, 1.807) is 45.0 Å². The van der Waals surface area contributed by atoms with E-state index in [2.05, 4.69) is 16.0 Å². The van der Waals surface area contributed by atoms with Crippen LogP contribution in [-0.4, -0.2) is 36.4 Å². The lowest BCUT2D eigenvalue weighted by atomic mass is 9.90. The van der Waals surface area contributed by atoms with Gasteiger partial charge in [-0.15, -0.1) is 0 Å². The Balaban J connectivity index is 2.08. The lowest BCUT2D eigenvalue weighted by Crippen LogP contribution is -2.56. The van der Waals surface area contributed by atoms with Gasteiger partial charge in [-0.3, -0.25) is 14.4 Å². The molecule has 0 saturated carbocycles. The van der Waals surface area contributed by atoms with Crippen molar-refractivity contribution in [3.05, 3.63) is 24.3 Å². The van der Waals surface area contributed by atoms with Crippen LogP contribution in [0.2, 0.25) is 0 Å². The normalized spacial score (nSPS) is 19.5. The first-order chi connectivity index (χ1) is 12.3. The molecule has 0 unspecified atom stereocenters. The quantitative estimate of drug-likeness (QED) is 0.532. The number of ether oxygens (including phenoxy) is 1. The van der Waals surface area contributed by atoms with Gasteiger partial charge in [-0.1, -0.05) is 25.5 Å². The summed E-state index contributed by atoms with van der Waals surface area (Å²) in [7, 11) is 0. The molecule has 0 aliphatic carbocycles. The molecule has 0 spiro atoms. The molecule has 1 aromatic rings. The minimum atomic E-state index is -1.30. The third kappa shape index (κ3) is 4.33.